The van der Waals surface area contributed by atoms with Crippen molar-refractivity contribution in [1.29, 1.82) is 0 Å². The number of amides is 1. The molecule has 4 aromatic carbocycles. The third-order valence-electron chi connectivity index (χ3n) is 6.87. The fraction of sp³-hybridized carbons (Fsp3) is 0.156. The molecule has 0 fully saturated rings. The van der Waals surface area contributed by atoms with Gasteiger partial charge in [-0.1, -0.05) is 60.7 Å². The molecular weight excluding hydrogens is 490 g/mol. The summed E-state index contributed by atoms with van der Waals surface area (Å²) in [4.78, 5) is 29.9. The summed E-state index contributed by atoms with van der Waals surface area (Å²) in [5, 5.41) is 12.2. The first-order valence-electron chi connectivity index (χ1n) is 12.6. The van der Waals surface area contributed by atoms with Crippen LogP contribution in [0.25, 0.3) is 16.0 Å². The van der Waals surface area contributed by atoms with Crippen LogP contribution < -0.4 is 15.0 Å². The van der Waals surface area contributed by atoms with E-state index in [4.69, 9.17) is 11.3 Å². The van der Waals surface area contributed by atoms with Crippen LogP contribution in [-0.4, -0.2) is 30.1 Å². The Hall–Kier alpha value is -5.09. The number of fused-ring (bicyclic) bond motifs is 1. The molecule has 1 aliphatic rings. The Labute approximate surface area is 227 Å². The van der Waals surface area contributed by atoms with Crippen molar-refractivity contribution in [3.05, 3.63) is 125 Å². The normalized spacial score (nSPS) is 13.0. The molecule has 0 spiro atoms. The van der Waals surface area contributed by atoms with Crippen LogP contribution in [0, 0.1) is 6.57 Å². The molecule has 7 heteroatoms. The number of benzene rings is 4. The Balaban J connectivity index is 1.33. The van der Waals surface area contributed by atoms with E-state index in [0.717, 1.165) is 27.9 Å². The number of nitrogens with one attached hydrogen (secondary N) is 1. The lowest BCUT2D eigenvalue weighted by Crippen LogP contribution is -2.33. The lowest BCUT2D eigenvalue weighted by molar-refractivity contribution is 0.0696. The van der Waals surface area contributed by atoms with Crippen LogP contribution in [0.1, 0.15) is 44.8 Å². The second kappa shape index (κ2) is 11.1. The number of carboxylic acids is 1. The van der Waals surface area contributed by atoms with E-state index >= 15 is 0 Å². The molecule has 0 unspecified atom stereocenters. The average Bonchev–Trinajstić information content (AvgIpc) is 2.97. The van der Waals surface area contributed by atoms with E-state index in [9.17, 15) is 14.7 Å². The Morgan fingerprint density at radius 1 is 1.00 bits per heavy atom. The quantitative estimate of drug-likeness (QED) is 0.274. The first-order chi connectivity index (χ1) is 18.9. The molecule has 5 rings (SSSR count). The van der Waals surface area contributed by atoms with Crippen molar-refractivity contribution in [2.75, 3.05) is 18.1 Å². The highest BCUT2D eigenvalue weighted by atomic mass is 16.5. The number of carboxylic acid groups (broad SMARTS) is 1. The van der Waals surface area contributed by atoms with Crippen molar-refractivity contribution < 1.29 is 19.4 Å². The van der Waals surface area contributed by atoms with E-state index in [-0.39, 0.29) is 17.5 Å². The van der Waals surface area contributed by atoms with Crippen LogP contribution >= 0.6 is 0 Å². The summed E-state index contributed by atoms with van der Waals surface area (Å²) in [7, 11) is 0. The standard InChI is InChI=1S/C32H27N3O4/c1-21(22-11-14-27(33-2)15-12-22)34-31(36)25-13-16-29-30(19-25)39-18-17-35(29)20-26-5-3-4-6-28(26)23-7-9-24(10-8-23)32(37)38/h3-16,19,21H,17-18,20H2,1H3,(H,34,36)(H,37,38)/t21-/m0/s1. The zero-order chi connectivity index (χ0) is 27.4. The molecule has 0 aliphatic carbocycles. The van der Waals surface area contributed by atoms with Crippen molar-refractivity contribution in [2.24, 2.45) is 0 Å². The summed E-state index contributed by atoms with van der Waals surface area (Å²) < 4.78 is 5.94. The highest BCUT2D eigenvalue weighted by molar-refractivity contribution is 5.95. The molecule has 1 aliphatic heterocycles. The van der Waals surface area contributed by atoms with E-state index in [2.05, 4.69) is 21.1 Å². The summed E-state index contributed by atoms with van der Waals surface area (Å²) >= 11 is 0. The van der Waals surface area contributed by atoms with Crippen LogP contribution in [0.5, 0.6) is 5.75 Å². The minimum absolute atomic E-state index is 0.199. The van der Waals surface area contributed by atoms with Crippen LogP contribution in [0.4, 0.5) is 11.4 Å². The summed E-state index contributed by atoms with van der Waals surface area (Å²) in [5.41, 5.74) is 6.26. The van der Waals surface area contributed by atoms with Gasteiger partial charge in [-0.05, 0) is 59.5 Å². The van der Waals surface area contributed by atoms with Gasteiger partial charge in [-0.15, -0.1) is 0 Å². The van der Waals surface area contributed by atoms with Gasteiger partial charge in [0.15, 0.2) is 5.69 Å². The molecule has 0 bridgehead atoms. The van der Waals surface area contributed by atoms with Gasteiger partial charge in [-0.2, -0.15) is 0 Å². The monoisotopic (exact) mass is 517 g/mol. The number of hydrogen-bond donors (Lipinski definition) is 2. The Kier molecular flexibility index (Phi) is 7.28. The molecule has 1 atom stereocenters. The van der Waals surface area contributed by atoms with E-state index in [1.165, 1.54) is 0 Å². The van der Waals surface area contributed by atoms with Crippen molar-refractivity contribution in [2.45, 2.75) is 19.5 Å². The third kappa shape index (κ3) is 5.60. The minimum Gasteiger partial charge on any atom is -0.490 e. The molecule has 39 heavy (non-hydrogen) atoms. The molecule has 1 amide bonds. The number of hydrogen-bond acceptors (Lipinski definition) is 4. The molecule has 1 heterocycles. The number of carbonyl (C=O) groups excluding carboxylic acids is 1. The van der Waals surface area contributed by atoms with Gasteiger partial charge in [0.25, 0.3) is 5.91 Å². The Bertz CT molecular complexity index is 1560. The fourth-order valence-corrected chi connectivity index (χ4v) is 4.72. The van der Waals surface area contributed by atoms with Crippen molar-refractivity contribution in [3.63, 3.8) is 0 Å². The number of rotatable bonds is 7. The van der Waals surface area contributed by atoms with E-state index < -0.39 is 5.97 Å². The smallest absolute Gasteiger partial charge is 0.335 e. The molecule has 0 radical (unpaired) electrons. The van der Waals surface area contributed by atoms with Crippen molar-refractivity contribution >= 4 is 23.3 Å². The second-order valence-electron chi connectivity index (χ2n) is 9.39. The summed E-state index contributed by atoms with van der Waals surface area (Å²) in [6, 6.07) is 27.5. The first-order valence-corrected chi connectivity index (χ1v) is 12.6. The molecule has 7 nitrogen and oxygen atoms in total. The predicted octanol–water partition coefficient (Wildman–Crippen LogP) is 6.49. The fourth-order valence-electron chi connectivity index (χ4n) is 4.72. The first kappa shape index (κ1) is 25.6. The summed E-state index contributed by atoms with van der Waals surface area (Å²) in [6.45, 7) is 10.8. The van der Waals surface area contributed by atoms with Gasteiger partial charge in [0.05, 0.1) is 30.4 Å². The van der Waals surface area contributed by atoms with Crippen molar-refractivity contribution in [1.82, 2.24) is 5.32 Å². The van der Waals surface area contributed by atoms with Gasteiger partial charge in [0.1, 0.15) is 12.4 Å². The van der Waals surface area contributed by atoms with E-state index in [1.54, 1.807) is 36.4 Å². The van der Waals surface area contributed by atoms with Crippen LogP contribution in [0.3, 0.4) is 0 Å². The summed E-state index contributed by atoms with van der Waals surface area (Å²) in [6.07, 6.45) is 0. The zero-order valence-corrected chi connectivity index (χ0v) is 21.4. The average molecular weight is 518 g/mol. The van der Waals surface area contributed by atoms with Gasteiger partial charge >= 0.3 is 5.97 Å². The third-order valence-corrected chi connectivity index (χ3v) is 6.87. The topological polar surface area (TPSA) is 83.2 Å². The largest absolute Gasteiger partial charge is 0.490 e. The van der Waals surface area contributed by atoms with E-state index in [1.807, 2.05) is 55.5 Å². The minimum atomic E-state index is -0.947. The van der Waals surface area contributed by atoms with Gasteiger partial charge < -0.3 is 20.1 Å². The van der Waals surface area contributed by atoms with Gasteiger partial charge in [0, 0.05) is 12.1 Å². The Morgan fingerprint density at radius 3 is 2.44 bits per heavy atom. The molecule has 0 saturated carbocycles. The molecule has 0 aromatic heterocycles. The molecule has 4 aromatic rings. The molecule has 2 N–H and O–H groups in total. The van der Waals surface area contributed by atoms with Gasteiger partial charge in [-0.25, -0.2) is 9.64 Å². The van der Waals surface area contributed by atoms with Gasteiger partial charge in [0.2, 0.25) is 0 Å². The van der Waals surface area contributed by atoms with Crippen molar-refractivity contribution in [3.8, 4) is 16.9 Å². The Morgan fingerprint density at radius 2 is 1.72 bits per heavy atom. The van der Waals surface area contributed by atoms with Crippen LogP contribution in [0.2, 0.25) is 0 Å². The lowest BCUT2D eigenvalue weighted by Gasteiger charge is -2.32. The highest BCUT2D eigenvalue weighted by Crippen LogP contribution is 2.35. The van der Waals surface area contributed by atoms with E-state index in [0.29, 0.717) is 36.7 Å². The maximum atomic E-state index is 13.0. The second-order valence-corrected chi connectivity index (χ2v) is 9.39. The predicted molar refractivity (Wildman–Crippen MR) is 150 cm³/mol. The maximum absolute atomic E-state index is 13.0. The lowest BCUT2D eigenvalue weighted by atomic mass is 9.98. The number of ether oxygens (including phenoxy) is 1. The summed E-state index contributed by atoms with van der Waals surface area (Å²) in [5.74, 6) is -0.487. The SMILES string of the molecule is [C-]#[N+]c1ccc([C@H](C)NC(=O)c2ccc3c(c2)OCCN3Cc2ccccc2-c2ccc(C(=O)O)cc2)cc1. The zero-order valence-electron chi connectivity index (χ0n) is 21.4. The molecular formula is C32H27N3O4. The number of aromatic carboxylic acids is 1. The van der Waals surface area contributed by atoms with Gasteiger partial charge in [-0.3, -0.25) is 4.79 Å². The van der Waals surface area contributed by atoms with Crippen LogP contribution in [0.15, 0.2) is 91.0 Å². The van der Waals surface area contributed by atoms with Crippen LogP contribution in [-0.2, 0) is 6.54 Å². The molecule has 0 saturated heterocycles. The number of nitrogens with zero attached hydrogens (tertiary/aromatic N) is 2. The maximum Gasteiger partial charge on any atom is 0.335 e. The highest BCUT2D eigenvalue weighted by Gasteiger charge is 2.22. The number of anilines is 1. The molecule has 194 valence electrons. The number of carbonyl (C=O) groups is 2.